The van der Waals surface area contributed by atoms with Crippen molar-refractivity contribution in [2.24, 2.45) is 0 Å². The van der Waals surface area contributed by atoms with Crippen LogP contribution < -0.4 is 9.64 Å². The maximum absolute atomic E-state index is 12.9. The van der Waals surface area contributed by atoms with E-state index in [1.807, 2.05) is 84.7 Å². The molecule has 1 saturated heterocycles. The van der Waals surface area contributed by atoms with Gasteiger partial charge in [-0.05, 0) is 42.1 Å². The van der Waals surface area contributed by atoms with E-state index in [1.54, 1.807) is 0 Å². The number of likely N-dealkylation sites (N-methyl/N-ethyl adjacent to an activating group) is 1. The molecule has 0 N–H and O–H groups in total. The van der Waals surface area contributed by atoms with Gasteiger partial charge in [0.2, 0.25) is 5.91 Å². The van der Waals surface area contributed by atoms with E-state index in [9.17, 15) is 9.59 Å². The number of carbonyl (C=O) groups excluding carboxylic acids is 2. The van der Waals surface area contributed by atoms with Crippen molar-refractivity contribution in [2.45, 2.75) is 12.5 Å². The number of hydrogen-bond acceptors (Lipinski definition) is 4. The molecular formula is C23H22N2O3. The highest BCUT2D eigenvalue weighted by Crippen LogP contribution is 2.28. The quantitative estimate of drug-likeness (QED) is 0.620. The fourth-order valence-electron chi connectivity index (χ4n) is 3.53. The van der Waals surface area contributed by atoms with Crippen LogP contribution in [-0.4, -0.2) is 43.0 Å². The van der Waals surface area contributed by atoms with Gasteiger partial charge in [0.15, 0.2) is 0 Å². The Morgan fingerprint density at radius 1 is 0.964 bits per heavy atom. The van der Waals surface area contributed by atoms with E-state index in [0.717, 1.165) is 16.5 Å². The molecule has 2 amide bonds. The average Bonchev–Trinajstić information content (AvgIpc) is 3.02. The lowest BCUT2D eigenvalue weighted by Crippen LogP contribution is -2.41. The predicted molar refractivity (Wildman–Crippen MR) is 109 cm³/mol. The molecule has 142 valence electrons. The van der Waals surface area contributed by atoms with E-state index in [0.29, 0.717) is 18.8 Å². The van der Waals surface area contributed by atoms with Gasteiger partial charge >= 0.3 is 0 Å². The molecule has 5 nitrogen and oxygen atoms in total. The van der Waals surface area contributed by atoms with Crippen molar-refractivity contribution in [1.82, 2.24) is 4.90 Å². The molecule has 1 heterocycles. The Hall–Kier alpha value is -3.18. The Bertz CT molecular complexity index is 1000. The molecule has 0 aliphatic carbocycles. The van der Waals surface area contributed by atoms with Gasteiger partial charge in [-0.1, -0.05) is 48.5 Å². The number of imide groups is 1. The average molecular weight is 374 g/mol. The van der Waals surface area contributed by atoms with Crippen LogP contribution in [0.15, 0.2) is 72.8 Å². The number of ether oxygens (including phenoxy) is 1. The van der Waals surface area contributed by atoms with Gasteiger partial charge in [-0.25, -0.2) is 4.90 Å². The Labute approximate surface area is 164 Å². The lowest BCUT2D eigenvalue weighted by Gasteiger charge is -2.23. The van der Waals surface area contributed by atoms with Crippen LogP contribution in [0.5, 0.6) is 5.75 Å². The van der Waals surface area contributed by atoms with Gasteiger partial charge in [0, 0.05) is 6.54 Å². The minimum atomic E-state index is -0.460. The fourth-order valence-corrected chi connectivity index (χ4v) is 3.53. The lowest BCUT2D eigenvalue weighted by molar-refractivity contribution is -0.122. The maximum Gasteiger partial charge on any atom is 0.251 e. The van der Waals surface area contributed by atoms with Gasteiger partial charge < -0.3 is 4.74 Å². The van der Waals surface area contributed by atoms with E-state index < -0.39 is 6.04 Å². The number of benzene rings is 3. The normalized spacial score (nSPS) is 16.9. The second kappa shape index (κ2) is 7.82. The van der Waals surface area contributed by atoms with Gasteiger partial charge in [0.1, 0.15) is 12.4 Å². The third-order valence-corrected chi connectivity index (χ3v) is 5.10. The van der Waals surface area contributed by atoms with Crippen molar-refractivity contribution in [1.29, 1.82) is 0 Å². The van der Waals surface area contributed by atoms with Crippen molar-refractivity contribution in [3.8, 4) is 5.75 Å². The topological polar surface area (TPSA) is 49.9 Å². The van der Waals surface area contributed by atoms with Gasteiger partial charge in [-0.2, -0.15) is 0 Å². The second-order valence-electron chi connectivity index (χ2n) is 6.96. The van der Waals surface area contributed by atoms with Crippen molar-refractivity contribution < 1.29 is 14.3 Å². The third kappa shape index (κ3) is 3.62. The molecule has 1 atom stereocenters. The van der Waals surface area contributed by atoms with Gasteiger partial charge in [-0.3, -0.25) is 14.5 Å². The van der Waals surface area contributed by atoms with Crippen LogP contribution in [0.2, 0.25) is 0 Å². The van der Waals surface area contributed by atoms with E-state index in [2.05, 4.69) is 0 Å². The molecule has 0 bridgehead atoms. The van der Waals surface area contributed by atoms with E-state index in [4.69, 9.17) is 4.74 Å². The molecule has 5 heteroatoms. The van der Waals surface area contributed by atoms with Crippen LogP contribution in [-0.2, 0) is 9.59 Å². The summed E-state index contributed by atoms with van der Waals surface area (Å²) in [6.45, 7) is 1.01. The van der Waals surface area contributed by atoms with Crippen LogP contribution in [0.4, 0.5) is 5.69 Å². The summed E-state index contributed by atoms with van der Waals surface area (Å²) in [6, 6.07) is 22.7. The third-order valence-electron chi connectivity index (χ3n) is 5.10. The summed E-state index contributed by atoms with van der Waals surface area (Å²) < 4.78 is 5.71. The highest BCUT2D eigenvalue weighted by atomic mass is 16.5. The zero-order chi connectivity index (χ0) is 19.5. The lowest BCUT2D eigenvalue weighted by atomic mass is 10.1. The van der Waals surface area contributed by atoms with Crippen LogP contribution >= 0.6 is 0 Å². The van der Waals surface area contributed by atoms with Gasteiger partial charge in [0.25, 0.3) is 5.91 Å². The molecule has 3 aromatic carbocycles. The van der Waals surface area contributed by atoms with Crippen molar-refractivity contribution in [3.63, 3.8) is 0 Å². The number of nitrogens with zero attached hydrogens (tertiary/aromatic N) is 2. The summed E-state index contributed by atoms with van der Waals surface area (Å²) in [7, 11) is 1.86. The first-order valence-electron chi connectivity index (χ1n) is 9.37. The van der Waals surface area contributed by atoms with E-state index in [1.165, 1.54) is 4.90 Å². The molecule has 28 heavy (non-hydrogen) atoms. The largest absolute Gasteiger partial charge is 0.492 e. The maximum atomic E-state index is 12.9. The number of rotatable bonds is 6. The molecule has 1 fully saturated rings. The molecule has 0 radical (unpaired) electrons. The standard InChI is InChI=1S/C23H22N2O3/c1-24(13-14-28-20-9-3-2-4-10-20)21-16-22(26)25(23(21)27)19-12-11-17-7-5-6-8-18(17)15-19/h2-12,15,21H,13-14,16H2,1H3/t21-/m1/s1. The molecule has 1 aliphatic rings. The van der Waals surface area contributed by atoms with Gasteiger partial charge in [-0.15, -0.1) is 0 Å². The zero-order valence-electron chi connectivity index (χ0n) is 15.7. The number of fused-ring (bicyclic) bond motifs is 1. The summed E-state index contributed by atoms with van der Waals surface area (Å²) in [5, 5.41) is 2.09. The summed E-state index contributed by atoms with van der Waals surface area (Å²) in [4.78, 5) is 28.7. The van der Waals surface area contributed by atoms with Crippen molar-refractivity contribution in [2.75, 3.05) is 25.1 Å². The fraction of sp³-hybridized carbons (Fsp3) is 0.217. The summed E-state index contributed by atoms with van der Waals surface area (Å²) >= 11 is 0. The smallest absolute Gasteiger partial charge is 0.251 e. The Morgan fingerprint density at radius 2 is 1.68 bits per heavy atom. The molecule has 0 aromatic heterocycles. The SMILES string of the molecule is CN(CCOc1ccccc1)[C@@H]1CC(=O)N(c2ccc3ccccc3c2)C1=O. The Balaban J connectivity index is 1.43. The number of para-hydroxylation sites is 1. The first kappa shape index (κ1) is 18.2. The molecule has 0 spiro atoms. The molecule has 4 rings (SSSR count). The predicted octanol–water partition coefficient (Wildman–Crippen LogP) is 3.48. The highest BCUT2D eigenvalue weighted by molar-refractivity contribution is 6.22. The molecule has 1 aliphatic heterocycles. The molecular weight excluding hydrogens is 352 g/mol. The van der Waals surface area contributed by atoms with E-state index >= 15 is 0 Å². The van der Waals surface area contributed by atoms with Crippen molar-refractivity contribution >= 4 is 28.3 Å². The minimum absolute atomic E-state index is 0.166. The number of hydrogen-bond donors (Lipinski definition) is 0. The Kier molecular flexibility index (Phi) is 5.08. The minimum Gasteiger partial charge on any atom is -0.492 e. The summed E-state index contributed by atoms with van der Waals surface area (Å²) in [5.74, 6) is 0.450. The highest BCUT2D eigenvalue weighted by Gasteiger charge is 2.41. The summed E-state index contributed by atoms with van der Waals surface area (Å²) in [6.07, 6.45) is 0.188. The zero-order valence-corrected chi connectivity index (χ0v) is 15.7. The number of amides is 2. The first-order valence-corrected chi connectivity index (χ1v) is 9.37. The molecule has 3 aromatic rings. The monoisotopic (exact) mass is 374 g/mol. The second-order valence-corrected chi connectivity index (χ2v) is 6.96. The first-order chi connectivity index (χ1) is 13.6. The summed E-state index contributed by atoms with van der Waals surface area (Å²) in [5.41, 5.74) is 0.630. The number of carbonyl (C=O) groups is 2. The van der Waals surface area contributed by atoms with Gasteiger partial charge in [0.05, 0.1) is 18.2 Å². The molecule has 0 saturated carbocycles. The number of anilines is 1. The Morgan fingerprint density at radius 3 is 2.46 bits per heavy atom. The van der Waals surface area contributed by atoms with Crippen molar-refractivity contribution in [3.05, 3.63) is 72.8 Å². The van der Waals surface area contributed by atoms with Crippen LogP contribution in [0.25, 0.3) is 10.8 Å². The van der Waals surface area contributed by atoms with E-state index in [-0.39, 0.29) is 18.2 Å². The van der Waals surface area contributed by atoms with Crippen LogP contribution in [0.3, 0.4) is 0 Å². The van der Waals surface area contributed by atoms with Crippen LogP contribution in [0.1, 0.15) is 6.42 Å². The van der Waals surface area contributed by atoms with Crippen LogP contribution in [0, 0.1) is 0 Å². The molecule has 0 unspecified atom stereocenters.